The lowest BCUT2D eigenvalue weighted by molar-refractivity contribution is -0.149. The molecule has 4 nitrogen and oxygen atoms in total. The van der Waals surface area contributed by atoms with E-state index in [4.69, 9.17) is 10.5 Å². The van der Waals surface area contributed by atoms with Crippen molar-refractivity contribution >= 4 is 5.97 Å². The number of likely N-dealkylation sites (tertiary alicyclic amines) is 1. The quantitative estimate of drug-likeness (QED) is 0.660. The Morgan fingerprint density at radius 1 is 1.50 bits per heavy atom. The zero-order chi connectivity index (χ0) is 10.4. The molecule has 14 heavy (non-hydrogen) atoms. The summed E-state index contributed by atoms with van der Waals surface area (Å²) in [5.74, 6) is 0.0869. The Bertz CT molecular complexity index is 177. The third-order valence-corrected chi connectivity index (χ3v) is 2.65. The van der Waals surface area contributed by atoms with Crippen molar-refractivity contribution < 1.29 is 9.53 Å². The lowest BCUT2D eigenvalue weighted by Crippen LogP contribution is -2.39. The van der Waals surface area contributed by atoms with Gasteiger partial charge in [-0.2, -0.15) is 0 Å². The fourth-order valence-electron chi connectivity index (χ4n) is 1.83. The van der Waals surface area contributed by atoms with Crippen LogP contribution in [0.1, 0.15) is 19.8 Å². The molecule has 1 fully saturated rings. The predicted octanol–water partition coefficient (Wildman–Crippen LogP) is 0.220. The fraction of sp³-hybridized carbons (Fsp3) is 0.900. The first kappa shape index (κ1) is 11.5. The highest BCUT2D eigenvalue weighted by molar-refractivity contribution is 5.72. The average molecular weight is 200 g/mol. The molecule has 1 saturated heterocycles. The number of rotatable bonds is 4. The number of nitrogens with two attached hydrogens (primary N) is 1. The van der Waals surface area contributed by atoms with Crippen LogP contribution in [0.2, 0.25) is 0 Å². The van der Waals surface area contributed by atoms with E-state index in [0.717, 1.165) is 32.5 Å². The molecule has 0 saturated carbocycles. The van der Waals surface area contributed by atoms with Gasteiger partial charge in [0.05, 0.1) is 12.5 Å². The van der Waals surface area contributed by atoms with Crippen LogP contribution in [-0.4, -0.2) is 43.7 Å². The van der Waals surface area contributed by atoms with Crippen molar-refractivity contribution in [3.63, 3.8) is 0 Å². The zero-order valence-electron chi connectivity index (χ0n) is 8.87. The smallest absolute Gasteiger partial charge is 0.309 e. The third-order valence-electron chi connectivity index (χ3n) is 2.65. The largest absolute Gasteiger partial charge is 0.466 e. The molecule has 0 amide bonds. The van der Waals surface area contributed by atoms with E-state index >= 15 is 0 Å². The van der Waals surface area contributed by atoms with E-state index in [1.165, 1.54) is 0 Å². The first-order chi connectivity index (χ1) is 6.77. The maximum Gasteiger partial charge on any atom is 0.309 e. The predicted molar refractivity (Wildman–Crippen MR) is 54.9 cm³/mol. The molecule has 0 radical (unpaired) electrons. The van der Waals surface area contributed by atoms with Crippen molar-refractivity contribution in [2.24, 2.45) is 11.7 Å². The number of piperidine rings is 1. The number of hydrogen-bond donors (Lipinski definition) is 1. The second kappa shape index (κ2) is 5.98. The highest BCUT2D eigenvalue weighted by Gasteiger charge is 2.25. The van der Waals surface area contributed by atoms with Gasteiger partial charge >= 0.3 is 5.97 Å². The monoisotopic (exact) mass is 200 g/mol. The summed E-state index contributed by atoms with van der Waals surface area (Å²) in [4.78, 5) is 13.7. The van der Waals surface area contributed by atoms with Crippen molar-refractivity contribution in [2.45, 2.75) is 19.8 Å². The minimum absolute atomic E-state index is 0.0279. The second-order valence-electron chi connectivity index (χ2n) is 3.66. The molecule has 0 aliphatic carbocycles. The lowest BCUT2D eigenvalue weighted by Gasteiger charge is -2.30. The second-order valence-corrected chi connectivity index (χ2v) is 3.66. The topological polar surface area (TPSA) is 55.6 Å². The van der Waals surface area contributed by atoms with Gasteiger partial charge in [0, 0.05) is 13.1 Å². The van der Waals surface area contributed by atoms with Crippen LogP contribution >= 0.6 is 0 Å². The molecule has 4 heteroatoms. The minimum Gasteiger partial charge on any atom is -0.466 e. The molecule has 0 bridgehead atoms. The molecule has 0 unspecified atom stereocenters. The SMILES string of the molecule is CCOC(=O)C1CCN(CCN)CC1. The van der Waals surface area contributed by atoms with Gasteiger partial charge in [0.15, 0.2) is 0 Å². The summed E-state index contributed by atoms with van der Waals surface area (Å²) in [6.45, 7) is 5.92. The zero-order valence-corrected chi connectivity index (χ0v) is 8.87. The summed E-state index contributed by atoms with van der Waals surface area (Å²) in [6.07, 6.45) is 1.83. The third kappa shape index (κ3) is 3.27. The van der Waals surface area contributed by atoms with Crippen LogP contribution in [0.15, 0.2) is 0 Å². The van der Waals surface area contributed by atoms with E-state index in [2.05, 4.69) is 4.90 Å². The molecule has 82 valence electrons. The van der Waals surface area contributed by atoms with Crippen LogP contribution in [0.3, 0.4) is 0 Å². The van der Waals surface area contributed by atoms with Gasteiger partial charge in [-0.15, -0.1) is 0 Å². The Balaban J connectivity index is 2.24. The molecule has 1 aliphatic rings. The molecule has 2 N–H and O–H groups in total. The molecule has 0 aromatic heterocycles. The molecule has 0 aromatic carbocycles. The Hall–Kier alpha value is -0.610. The van der Waals surface area contributed by atoms with Gasteiger partial charge < -0.3 is 15.4 Å². The van der Waals surface area contributed by atoms with Gasteiger partial charge in [0.25, 0.3) is 0 Å². The van der Waals surface area contributed by atoms with Crippen LogP contribution in [-0.2, 0) is 9.53 Å². The summed E-state index contributed by atoms with van der Waals surface area (Å²) in [7, 11) is 0. The van der Waals surface area contributed by atoms with Crippen molar-refractivity contribution in [1.29, 1.82) is 0 Å². The molecule has 1 aliphatic heterocycles. The molecule has 0 atom stereocenters. The highest BCUT2D eigenvalue weighted by Crippen LogP contribution is 2.17. The first-order valence-corrected chi connectivity index (χ1v) is 5.37. The summed E-state index contributed by atoms with van der Waals surface area (Å²) in [5.41, 5.74) is 5.47. The molecule has 1 rings (SSSR count). The molecule has 1 heterocycles. The van der Waals surface area contributed by atoms with Crippen molar-refractivity contribution in [1.82, 2.24) is 4.90 Å². The number of nitrogens with zero attached hydrogens (tertiary/aromatic N) is 1. The van der Waals surface area contributed by atoms with Crippen LogP contribution in [0.5, 0.6) is 0 Å². The first-order valence-electron chi connectivity index (χ1n) is 5.37. The van der Waals surface area contributed by atoms with Gasteiger partial charge in [-0.25, -0.2) is 0 Å². The van der Waals surface area contributed by atoms with E-state index in [1.54, 1.807) is 0 Å². The summed E-state index contributed by atoms with van der Waals surface area (Å²) < 4.78 is 4.99. The van der Waals surface area contributed by atoms with Crippen LogP contribution in [0.4, 0.5) is 0 Å². The summed E-state index contributed by atoms with van der Waals surface area (Å²) >= 11 is 0. The van der Waals surface area contributed by atoms with E-state index in [-0.39, 0.29) is 11.9 Å². The fourth-order valence-corrected chi connectivity index (χ4v) is 1.83. The number of carbonyl (C=O) groups is 1. The van der Waals surface area contributed by atoms with Crippen molar-refractivity contribution in [3.8, 4) is 0 Å². The molecular formula is C10H20N2O2. The molecule has 0 aromatic rings. The Morgan fingerprint density at radius 2 is 2.14 bits per heavy atom. The molecule has 0 spiro atoms. The van der Waals surface area contributed by atoms with E-state index in [0.29, 0.717) is 13.2 Å². The van der Waals surface area contributed by atoms with Gasteiger partial charge in [-0.3, -0.25) is 4.79 Å². The van der Waals surface area contributed by atoms with Gasteiger partial charge in [-0.05, 0) is 32.9 Å². The summed E-state index contributed by atoms with van der Waals surface area (Å²) in [5, 5.41) is 0. The highest BCUT2D eigenvalue weighted by atomic mass is 16.5. The van der Waals surface area contributed by atoms with Gasteiger partial charge in [0.2, 0.25) is 0 Å². The van der Waals surface area contributed by atoms with Crippen LogP contribution in [0, 0.1) is 5.92 Å². The van der Waals surface area contributed by atoms with Crippen molar-refractivity contribution in [2.75, 3.05) is 32.8 Å². The van der Waals surface area contributed by atoms with Crippen LogP contribution < -0.4 is 5.73 Å². The van der Waals surface area contributed by atoms with Crippen molar-refractivity contribution in [3.05, 3.63) is 0 Å². The Morgan fingerprint density at radius 3 is 2.64 bits per heavy atom. The van der Waals surface area contributed by atoms with E-state index < -0.39 is 0 Å². The number of ether oxygens (including phenoxy) is 1. The van der Waals surface area contributed by atoms with Gasteiger partial charge in [0.1, 0.15) is 0 Å². The van der Waals surface area contributed by atoms with Gasteiger partial charge in [-0.1, -0.05) is 0 Å². The summed E-state index contributed by atoms with van der Waals surface area (Å²) in [6, 6.07) is 0. The molecular weight excluding hydrogens is 180 g/mol. The Kier molecular flexibility index (Phi) is 4.90. The maximum absolute atomic E-state index is 11.4. The van der Waals surface area contributed by atoms with Crippen LogP contribution in [0.25, 0.3) is 0 Å². The normalized spacial score (nSPS) is 19.6. The average Bonchev–Trinajstić information content (AvgIpc) is 2.20. The minimum atomic E-state index is -0.0279. The standard InChI is InChI=1S/C10H20N2O2/c1-2-14-10(13)9-3-6-12(7-4-9)8-5-11/h9H,2-8,11H2,1H3. The maximum atomic E-state index is 11.4. The number of carbonyl (C=O) groups excluding carboxylic acids is 1. The Labute approximate surface area is 85.4 Å². The van der Waals surface area contributed by atoms with E-state index in [9.17, 15) is 4.79 Å². The van der Waals surface area contributed by atoms with E-state index in [1.807, 2.05) is 6.92 Å². The number of hydrogen-bond acceptors (Lipinski definition) is 4. The lowest BCUT2D eigenvalue weighted by atomic mass is 9.97. The number of esters is 1.